The number of benzene rings is 3. The molecule has 5 rings (SSSR count). The number of hydrogen-bond donors (Lipinski definition) is 0. The van der Waals surface area contributed by atoms with Gasteiger partial charge in [0.1, 0.15) is 5.58 Å². The van der Waals surface area contributed by atoms with Crippen molar-refractivity contribution in [3.63, 3.8) is 0 Å². The number of hydrogen-bond acceptors (Lipinski definition) is 9. The average molecular weight is 670 g/mol. The van der Waals surface area contributed by atoms with Gasteiger partial charge in [-0.3, -0.25) is 14.9 Å². The number of fused-ring (bicyclic) bond motifs is 2. The van der Waals surface area contributed by atoms with Crippen LogP contribution >= 0.6 is 31.9 Å². The third kappa shape index (κ3) is 5.25. The summed E-state index contributed by atoms with van der Waals surface area (Å²) < 4.78 is 18.6. The lowest BCUT2D eigenvalue weighted by Crippen LogP contribution is -2.26. The molecule has 2 aromatic heterocycles. The van der Waals surface area contributed by atoms with Crippen molar-refractivity contribution in [2.24, 2.45) is 5.10 Å². The number of nitro benzene ring substituents is 1. The zero-order valence-electron chi connectivity index (χ0n) is 20.8. The Balaban J connectivity index is 1.71. The molecule has 3 aromatic carbocycles. The normalized spacial score (nSPS) is 12.2. The van der Waals surface area contributed by atoms with Gasteiger partial charge in [0.05, 0.1) is 29.2 Å². The number of ether oxygens (including phenoxy) is 2. The van der Waals surface area contributed by atoms with Crippen LogP contribution < -0.4 is 10.3 Å². The maximum Gasteiger partial charge on any atom is 0.346 e. The van der Waals surface area contributed by atoms with Gasteiger partial charge in [0, 0.05) is 26.0 Å². The monoisotopic (exact) mass is 668 g/mol. The topological polar surface area (TPSA) is 139 Å². The predicted octanol–water partition coefficient (Wildman–Crippen LogP) is 6.07. The van der Waals surface area contributed by atoms with Crippen molar-refractivity contribution in [3.8, 4) is 17.3 Å². The van der Waals surface area contributed by atoms with E-state index in [1.165, 1.54) is 32.4 Å². The lowest BCUT2D eigenvalue weighted by molar-refractivity contribution is -0.386. The van der Waals surface area contributed by atoms with E-state index in [0.717, 1.165) is 14.5 Å². The first kappa shape index (κ1) is 27.2. The van der Waals surface area contributed by atoms with Crippen molar-refractivity contribution in [1.29, 1.82) is 0 Å². The first-order valence-corrected chi connectivity index (χ1v) is 13.2. The third-order valence-electron chi connectivity index (χ3n) is 5.85. The van der Waals surface area contributed by atoms with Gasteiger partial charge in [-0.25, -0.2) is 9.78 Å². The molecule has 11 nitrogen and oxygen atoms in total. The second kappa shape index (κ2) is 11.0. The van der Waals surface area contributed by atoms with Crippen LogP contribution in [-0.2, 0) is 9.53 Å². The molecule has 0 amide bonds. The van der Waals surface area contributed by atoms with Crippen LogP contribution in [0.4, 0.5) is 5.69 Å². The molecular weight excluding hydrogens is 652 g/mol. The number of methoxy groups -OCH3 is 1. The molecule has 0 unspecified atom stereocenters. The Morgan fingerprint density at radius 3 is 2.67 bits per heavy atom. The number of aromatic nitrogens is 2. The molecule has 1 atom stereocenters. The molecule has 40 heavy (non-hydrogen) atoms. The highest BCUT2D eigenvalue weighted by molar-refractivity contribution is 9.10. The second-order valence-corrected chi connectivity index (χ2v) is 10.3. The molecule has 0 aliphatic carbocycles. The number of nitrogens with zero attached hydrogens (tertiary/aromatic N) is 4. The predicted molar refractivity (Wildman–Crippen MR) is 155 cm³/mol. The van der Waals surface area contributed by atoms with E-state index >= 15 is 0 Å². The molecule has 0 saturated heterocycles. The number of halogens is 2. The van der Waals surface area contributed by atoms with E-state index in [2.05, 4.69) is 46.7 Å². The SMILES string of the molecule is COC(=O)[C@H](C)Oc1c(C=Nn2c(-c3cc4cc(Br)ccc4o3)nc3ccccc3c2=O)cc(Br)cc1[N+](=O)[O-]. The van der Waals surface area contributed by atoms with Crippen LogP contribution in [0.25, 0.3) is 33.5 Å². The van der Waals surface area contributed by atoms with Crippen LogP contribution in [0.2, 0.25) is 0 Å². The molecule has 0 N–H and O–H groups in total. The second-order valence-electron chi connectivity index (χ2n) is 8.49. The van der Waals surface area contributed by atoms with Crippen LogP contribution in [0.1, 0.15) is 12.5 Å². The molecule has 0 aliphatic rings. The van der Waals surface area contributed by atoms with Gasteiger partial charge in [0.25, 0.3) is 5.56 Å². The van der Waals surface area contributed by atoms with Crippen LogP contribution in [0.15, 0.2) is 83.9 Å². The van der Waals surface area contributed by atoms with E-state index in [-0.39, 0.29) is 22.9 Å². The molecule has 0 saturated carbocycles. The van der Waals surface area contributed by atoms with Gasteiger partial charge in [-0.15, -0.1) is 0 Å². The molecule has 5 aromatic rings. The van der Waals surface area contributed by atoms with Crippen molar-refractivity contribution in [2.75, 3.05) is 7.11 Å². The fraction of sp³-hybridized carbons (Fsp3) is 0.111. The van der Waals surface area contributed by atoms with Crippen molar-refractivity contribution in [2.45, 2.75) is 13.0 Å². The number of rotatable bonds is 7. The van der Waals surface area contributed by atoms with E-state index in [1.807, 2.05) is 12.1 Å². The number of carbonyl (C=O) groups excluding carboxylic acids is 1. The smallest absolute Gasteiger partial charge is 0.346 e. The van der Waals surface area contributed by atoms with Gasteiger partial charge < -0.3 is 13.9 Å². The fourth-order valence-electron chi connectivity index (χ4n) is 3.99. The minimum Gasteiger partial charge on any atom is -0.471 e. The quantitative estimate of drug-likeness (QED) is 0.0881. The summed E-state index contributed by atoms with van der Waals surface area (Å²) in [7, 11) is 1.18. The average Bonchev–Trinajstić information content (AvgIpc) is 3.35. The summed E-state index contributed by atoms with van der Waals surface area (Å²) >= 11 is 6.70. The first-order valence-electron chi connectivity index (χ1n) is 11.6. The summed E-state index contributed by atoms with van der Waals surface area (Å²) in [4.78, 5) is 41.4. The van der Waals surface area contributed by atoms with Gasteiger partial charge in [-0.2, -0.15) is 9.78 Å². The van der Waals surface area contributed by atoms with E-state index < -0.39 is 28.2 Å². The molecule has 13 heteroatoms. The van der Waals surface area contributed by atoms with Gasteiger partial charge in [0.2, 0.25) is 11.6 Å². The number of furan rings is 1. The summed E-state index contributed by atoms with van der Waals surface area (Å²) in [5.74, 6) is -0.563. The highest BCUT2D eigenvalue weighted by Gasteiger charge is 2.26. The summed E-state index contributed by atoms with van der Waals surface area (Å²) in [6, 6.07) is 16.7. The molecule has 2 heterocycles. The van der Waals surface area contributed by atoms with Crippen molar-refractivity contribution >= 4 is 71.6 Å². The van der Waals surface area contributed by atoms with E-state index in [1.54, 1.807) is 36.4 Å². The minimum absolute atomic E-state index is 0.113. The number of para-hydroxylation sites is 1. The number of esters is 1. The summed E-state index contributed by atoms with van der Waals surface area (Å²) in [6.07, 6.45) is 0.0602. The van der Waals surface area contributed by atoms with Crippen molar-refractivity contribution in [1.82, 2.24) is 9.66 Å². The largest absolute Gasteiger partial charge is 0.471 e. The Morgan fingerprint density at radius 2 is 1.93 bits per heavy atom. The van der Waals surface area contributed by atoms with Crippen LogP contribution in [0, 0.1) is 10.1 Å². The lowest BCUT2D eigenvalue weighted by atomic mass is 10.2. The van der Waals surface area contributed by atoms with Gasteiger partial charge in [-0.05, 0) is 49.4 Å². The number of carbonyl (C=O) groups is 1. The van der Waals surface area contributed by atoms with Gasteiger partial charge >= 0.3 is 11.7 Å². The van der Waals surface area contributed by atoms with Crippen molar-refractivity contribution in [3.05, 3.63) is 95.6 Å². The minimum atomic E-state index is -1.16. The van der Waals surface area contributed by atoms with E-state index in [9.17, 15) is 19.7 Å². The van der Waals surface area contributed by atoms with E-state index in [0.29, 0.717) is 21.0 Å². The van der Waals surface area contributed by atoms with Crippen LogP contribution in [-0.4, -0.2) is 40.0 Å². The molecule has 0 spiro atoms. The Hall–Kier alpha value is -4.36. The maximum atomic E-state index is 13.6. The van der Waals surface area contributed by atoms with Crippen LogP contribution in [0.3, 0.4) is 0 Å². The van der Waals surface area contributed by atoms with Gasteiger partial charge in [0.15, 0.2) is 11.9 Å². The van der Waals surface area contributed by atoms with Gasteiger partial charge in [-0.1, -0.05) is 44.0 Å². The molecule has 202 valence electrons. The van der Waals surface area contributed by atoms with E-state index in [4.69, 9.17) is 9.15 Å². The molecule has 0 radical (unpaired) electrons. The zero-order chi connectivity index (χ0) is 28.6. The Labute approximate surface area is 242 Å². The molecule has 0 fully saturated rings. The fourth-order valence-corrected chi connectivity index (χ4v) is 4.83. The summed E-state index contributed by atoms with van der Waals surface area (Å²) in [6.45, 7) is 1.40. The molecule has 0 aliphatic heterocycles. The Morgan fingerprint density at radius 1 is 1.15 bits per heavy atom. The first-order chi connectivity index (χ1) is 19.2. The third-order valence-corrected chi connectivity index (χ3v) is 6.80. The summed E-state index contributed by atoms with van der Waals surface area (Å²) in [5.41, 5.74) is 0.222. The standard InChI is InChI=1S/C27H18Br2N4O7/c1-14(27(35)38-2)39-24-16(10-18(29)12-21(24)33(36)37)13-30-32-25(31-20-6-4-3-5-19(20)26(32)34)23-11-15-9-17(28)7-8-22(15)40-23/h3-14H,1-2H3/t14-/m0/s1. The van der Waals surface area contributed by atoms with Crippen LogP contribution in [0.5, 0.6) is 5.75 Å². The summed E-state index contributed by atoms with van der Waals surface area (Å²) in [5, 5.41) is 17.3. The zero-order valence-corrected chi connectivity index (χ0v) is 24.0. The molecular formula is C27H18Br2N4O7. The Bertz CT molecular complexity index is 1900. The highest BCUT2D eigenvalue weighted by Crippen LogP contribution is 2.35. The Kier molecular flexibility index (Phi) is 7.50. The maximum absolute atomic E-state index is 13.6. The molecule has 0 bridgehead atoms. The lowest BCUT2D eigenvalue weighted by Gasteiger charge is -2.15. The van der Waals surface area contributed by atoms with Crippen molar-refractivity contribution < 1.29 is 23.6 Å². The number of nitro groups is 1. The highest BCUT2D eigenvalue weighted by atomic mass is 79.9.